The molecular weight excluding hydrogens is 590 g/mol. The van der Waals surface area contributed by atoms with Gasteiger partial charge in [0, 0.05) is 24.1 Å². The SMILES string of the molecule is CS(=O)(=O)c1ccc(CC(=O)Nc2ccc(CCN3CCOc4ccc(C(O)(C(F)(F)F)C(F)(F)F)cc43)cc2)cc1. The molecule has 1 heterocycles. The highest BCUT2D eigenvalue weighted by Gasteiger charge is 2.71. The van der Waals surface area contributed by atoms with Gasteiger partial charge in [-0.15, -0.1) is 0 Å². The first kappa shape index (κ1) is 31.2. The summed E-state index contributed by atoms with van der Waals surface area (Å²) in [5, 5.41) is 12.5. The van der Waals surface area contributed by atoms with Crippen LogP contribution in [0.1, 0.15) is 16.7 Å². The van der Waals surface area contributed by atoms with Crippen LogP contribution in [0.2, 0.25) is 0 Å². The number of fused-ring (bicyclic) bond motifs is 1. The second-order valence-electron chi connectivity index (χ2n) is 9.81. The number of alkyl halides is 6. The van der Waals surface area contributed by atoms with Crippen molar-refractivity contribution in [3.05, 3.63) is 83.4 Å². The van der Waals surface area contributed by atoms with Gasteiger partial charge in [-0.3, -0.25) is 4.79 Å². The van der Waals surface area contributed by atoms with Crippen LogP contribution in [0.3, 0.4) is 0 Å². The van der Waals surface area contributed by atoms with Gasteiger partial charge in [-0.25, -0.2) is 8.42 Å². The minimum absolute atomic E-state index is 0.000808. The number of nitrogens with zero attached hydrogens (tertiary/aromatic N) is 1. The van der Waals surface area contributed by atoms with Crippen molar-refractivity contribution in [1.29, 1.82) is 0 Å². The molecule has 0 saturated carbocycles. The Bertz CT molecular complexity index is 1520. The fourth-order valence-electron chi connectivity index (χ4n) is 4.48. The fourth-order valence-corrected chi connectivity index (χ4v) is 5.11. The number of halogens is 6. The summed E-state index contributed by atoms with van der Waals surface area (Å²) in [4.78, 5) is 14.1. The molecule has 1 aliphatic rings. The molecule has 0 saturated heterocycles. The summed E-state index contributed by atoms with van der Waals surface area (Å²) >= 11 is 0. The number of rotatable bonds is 8. The molecule has 2 N–H and O–H groups in total. The Morgan fingerprint density at radius 1 is 0.929 bits per heavy atom. The van der Waals surface area contributed by atoms with Crippen molar-refractivity contribution in [2.75, 3.05) is 36.2 Å². The van der Waals surface area contributed by atoms with E-state index in [1.54, 1.807) is 41.3 Å². The van der Waals surface area contributed by atoms with Crippen LogP contribution < -0.4 is 15.0 Å². The van der Waals surface area contributed by atoms with E-state index in [0.29, 0.717) is 29.8 Å². The molecule has 0 unspecified atom stereocenters. The average Bonchev–Trinajstić information content (AvgIpc) is 2.90. The number of carbonyl (C=O) groups is 1. The smallest absolute Gasteiger partial charge is 0.430 e. The highest BCUT2D eigenvalue weighted by molar-refractivity contribution is 7.90. The third kappa shape index (κ3) is 6.65. The summed E-state index contributed by atoms with van der Waals surface area (Å²) in [5.74, 6) is -0.228. The van der Waals surface area contributed by atoms with Crippen LogP contribution in [0.15, 0.2) is 71.6 Å². The van der Waals surface area contributed by atoms with E-state index in [9.17, 15) is 44.7 Å². The fraction of sp³-hybridized carbons (Fsp3) is 0.321. The Morgan fingerprint density at radius 2 is 1.52 bits per heavy atom. The lowest BCUT2D eigenvalue weighted by Gasteiger charge is -2.36. The van der Waals surface area contributed by atoms with Gasteiger partial charge in [-0.05, 0) is 53.9 Å². The summed E-state index contributed by atoms with van der Waals surface area (Å²) in [5.41, 5.74) is -4.50. The maximum absolute atomic E-state index is 13.4. The number of nitrogens with one attached hydrogen (secondary N) is 1. The third-order valence-corrected chi connectivity index (χ3v) is 7.91. The zero-order valence-electron chi connectivity index (χ0n) is 22.1. The lowest BCUT2D eigenvalue weighted by molar-refractivity contribution is -0.376. The van der Waals surface area contributed by atoms with Gasteiger partial charge in [0.05, 0.1) is 23.5 Å². The first-order chi connectivity index (χ1) is 19.5. The highest BCUT2D eigenvalue weighted by Crippen LogP contribution is 2.51. The standard InChI is InChI=1S/C28H26F6N2O5S/c1-42(39,40)22-9-4-19(5-10-22)16-25(37)35-21-7-2-18(3-8-21)12-13-36-14-15-41-24-11-6-20(17-23(24)36)26(38,27(29,30)31)28(32,33)34/h2-11,17,38H,12-16H2,1H3,(H,35,37). The molecule has 0 aromatic heterocycles. The number of carbonyl (C=O) groups excluding carboxylic acids is 1. The zero-order valence-corrected chi connectivity index (χ0v) is 22.9. The second-order valence-corrected chi connectivity index (χ2v) is 11.8. The van der Waals surface area contributed by atoms with E-state index in [1.807, 2.05) is 0 Å². The van der Waals surface area contributed by atoms with Crippen LogP contribution in [0.25, 0.3) is 0 Å². The van der Waals surface area contributed by atoms with Gasteiger partial charge in [0.25, 0.3) is 5.60 Å². The number of ether oxygens (including phenoxy) is 1. The number of hydrogen-bond donors (Lipinski definition) is 2. The maximum Gasteiger partial charge on any atom is 0.430 e. The van der Waals surface area contributed by atoms with Gasteiger partial charge in [-0.1, -0.05) is 30.3 Å². The molecular formula is C28H26F6N2O5S. The Kier molecular flexibility index (Phi) is 8.52. The third-order valence-electron chi connectivity index (χ3n) is 6.78. The van der Waals surface area contributed by atoms with Gasteiger partial charge < -0.3 is 20.1 Å². The molecule has 0 atom stereocenters. The van der Waals surface area contributed by atoms with Gasteiger partial charge in [0.1, 0.15) is 12.4 Å². The topological polar surface area (TPSA) is 95.9 Å². The van der Waals surface area contributed by atoms with E-state index >= 15 is 0 Å². The van der Waals surface area contributed by atoms with Crippen LogP contribution in [0.4, 0.5) is 37.7 Å². The zero-order chi connectivity index (χ0) is 30.9. The van der Waals surface area contributed by atoms with Crippen molar-refractivity contribution >= 4 is 27.1 Å². The molecule has 3 aromatic carbocycles. The molecule has 0 radical (unpaired) electrons. The monoisotopic (exact) mass is 616 g/mol. The number of aliphatic hydroxyl groups is 1. The number of benzene rings is 3. The molecule has 14 heteroatoms. The van der Waals surface area contributed by atoms with Crippen LogP contribution >= 0.6 is 0 Å². The molecule has 1 aliphatic heterocycles. The molecule has 0 bridgehead atoms. The molecule has 4 rings (SSSR count). The van der Waals surface area contributed by atoms with E-state index in [1.165, 1.54) is 12.1 Å². The summed E-state index contributed by atoms with van der Waals surface area (Å²) in [7, 11) is -3.35. The normalized spacial score (nSPS) is 14.2. The first-order valence-corrected chi connectivity index (χ1v) is 14.4. The van der Waals surface area contributed by atoms with Gasteiger partial charge in [0.15, 0.2) is 9.84 Å². The van der Waals surface area contributed by atoms with Gasteiger partial charge in [-0.2, -0.15) is 26.3 Å². The predicted octanol–water partition coefficient (Wildman–Crippen LogP) is 5.03. The molecule has 0 aliphatic carbocycles. The largest absolute Gasteiger partial charge is 0.490 e. The van der Waals surface area contributed by atoms with E-state index in [2.05, 4.69) is 5.32 Å². The van der Waals surface area contributed by atoms with Crippen molar-refractivity contribution in [1.82, 2.24) is 0 Å². The van der Waals surface area contributed by atoms with Crippen LogP contribution in [-0.2, 0) is 33.1 Å². The predicted molar refractivity (Wildman–Crippen MR) is 142 cm³/mol. The van der Waals surface area contributed by atoms with Crippen molar-refractivity contribution in [3.63, 3.8) is 0 Å². The van der Waals surface area contributed by atoms with E-state index < -0.39 is 33.4 Å². The van der Waals surface area contributed by atoms with E-state index in [4.69, 9.17) is 4.74 Å². The molecule has 226 valence electrons. The molecule has 1 amide bonds. The first-order valence-electron chi connectivity index (χ1n) is 12.5. The molecule has 0 fully saturated rings. The highest BCUT2D eigenvalue weighted by atomic mass is 32.2. The average molecular weight is 617 g/mol. The summed E-state index contributed by atoms with van der Waals surface area (Å²) in [6.07, 6.45) is -10.5. The van der Waals surface area contributed by atoms with Crippen molar-refractivity contribution in [2.24, 2.45) is 0 Å². The Hall–Kier alpha value is -3.78. The lowest BCUT2D eigenvalue weighted by atomic mass is 9.91. The lowest BCUT2D eigenvalue weighted by Crippen LogP contribution is -2.54. The van der Waals surface area contributed by atoms with Gasteiger partial charge in [0.2, 0.25) is 5.91 Å². The second kappa shape index (κ2) is 11.5. The van der Waals surface area contributed by atoms with Crippen LogP contribution in [-0.4, -0.2) is 57.7 Å². The Morgan fingerprint density at radius 3 is 2.10 bits per heavy atom. The minimum atomic E-state index is -6.00. The summed E-state index contributed by atoms with van der Waals surface area (Å²) < 4.78 is 109. The van der Waals surface area contributed by atoms with Crippen molar-refractivity contribution < 1.29 is 49.4 Å². The van der Waals surface area contributed by atoms with Crippen molar-refractivity contribution in [3.8, 4) is 5.75 Å². The quantitative estimate of drug-likeness (QED) is 0.345. The van der Waals surface area contributed by atoms with E-state index in [-0.39, 0.29) is 48.4 Å². The molecule has 42 heavy (non-hydrogen) atoms. The Labute approximate surface area is 237 Å². The summed E-state index contributed by atoms with van der Waals surface area (Å²) in [6, 6.07) is 14.9. The van der Waals surface area contributed by atoms with Crippen molar-refractivity contribution in [2.45, 2.75) is 35.7 Å². The van der Waals surface area contributed by atoms with Crippen LogP contribution in [0.5, 0.6) is 5.75 Å². The Balaban J connectivity index is 1.41. The van der Waals surface area contributed by atoms with Gasteiger partial charge >= 0.3 is 12.4 Å². The van der Waals surface area contributed by atoms with Crippen LogP contribution in [0, 0.1) is 0 Å². The summed E-state index contributed by atoms with van der Waals surface area (Å²) in [6.45, 7) is 0.592. The molecule has 0 spiro atoms. The van der Waals surface area contributed by atoms with E-state index in [0.717, 1.165) is 17.9 Å². The molecule has 7 nitrogen and oxygen atoms in total. The number of hydrogen-bond acceptors (Lipinski definition) is 6. The number of anilines is 2. The maximum atomic E-state index is 13.4. The minimum Gasteiger partial charge on any atom is -0.490 e. The number of amides is 1. The molecule has 3 aromatic rings. The number of sulfone groups is 1.